The number of alkyl halides is 3. The van der Waals surface area contributed by atoms with E-state index in [0.29, 0.717) is 5.56 Å². The molecule has 0 atom stereocenters. The van der Waals surface area contributed by atoms with Crippen LogP contribution < -0.4 is 5.32 Å². The van der Waals surface area contributed by atoms with E-state index in [9.17, 15) is 18.0 Å². The van der Waals surface area contributed by atoms with Crippen LogP contribution in [-0.4, -0.2) is 12.5 Å². The average molecular weight is 306 g/mol. The summed E-state index contributed by atoms with van der Waals surface area (Å²) >= 11 is 0. The van der Waals surface area contributed by atoms with Gasteiger partial charge in [0.1, 0.15) is 0 Å². The molecule has 1 aliphatic rings. The van der Waals surface area contributed by atoms with Crippen molar-refractivity contribution in [1.82, 2.24) is 5.32 Å². The monoisotopic (exact) mass is 306 g/mol. The summed E-state index contributed by atoms with van der Waals surface area (Å²) in [6.07, 6.45) is -2.70. The fourth-order valence-electron chi connectivity index (χ4n) is 1.88. The fourth-order valence-corrected chi connectivity index (χ4v) is 1.88. The molecule has 1 aliphatic carbocycles. The lowest BCUT2D eigenvalue weighted by molar-refractivity contribution is -0.137. The van der Waals surface area contributed by atoms with Crippen molar-refractivity contribution in [2.75, 3.05) is 6.54 Å². The number of nitriles is 1. The van der Waals surface area contributed by atoms with Crippen molar-refractivity contribution >= 4 is 5.91 Å². The second-order valence-electron chi connectivity index (χ2n) is 5.22. The van der Waals surface area contributed by atoms with Crippen LogP contribution in [0.1, 0.15) is 30.4 Å². The first-order valence-corrected chi connectivity index (χ1v) is 6.69. The standard InChI is InChI=1S/C16H13F3N2O/c17-16(18,19)13-5-3-12(4-6-13)2-1-9-21-14(22)10-15(11-20)7-8-15/h3-6H,7-10H2,(H,21,22). The number of amides is 1. The van der Waals surface area contributed by atoms with E-state index >= 15 is 0 Å². The van der Waals surface area contributed by atoms with Crippen molar-refractivity contribution in [2.24, 2.45) is 5.41 Å². The van der Waals surface area contributed by atoms with E-state index in [-0.39, 0.29) is 18.9 Å². The van der Waals surface area contributed by atoms with E-state index in [1.165, 1.54) is 12.1 Å². The lowest BCUT2D eigenvalue weighted by Gasteiger charge is -2.05. The second kappa shape index (κ2) is 6.11. The Kier molecular flexibility index (Phi) is 4.42. The van der Waals surface area contributed by atoms with Gasteiger partial charge >= 0.3 is 6.18 Å². The quantitative estimate of drug-likeness (QED) is 0.873. The third-order valence-electron chi connectivity index (χ3n) is 3.41. The molecule has 6 heteroatoms. The zero-order valence-corrected chi connectivity index (χ0v) is 11.6. The van der Waals surface area contributed by atoms with E-state index in [4.69, 9.17) is 5.26 Å². The molecule has 0 spiro atoms. The molecule has 1 aromatic carbocycles. The summed E-state index contributed by atoms with van der Waals surface area (Å²) in [5.74, 6) is 5.11. The largest absolute Gasteiger partial charge is 0.416 e. The van der Waals surface area contributed by atoms with Crippen LogP contribution in [-0.2, 0) is 11.0 Å². The lowest BCUT2D eigenvalue weighted by atomic mass is 10.0. The average Bonchev–Trinajstić information content (AvgIpc) is 3.23. The Labute approximate surface area is 126 Å². The zero-order chi connectivity index (χ0) is 16.2. The maximum absolute atomic E-state index is 12.4. The summed E-state index contributed by atoms with van der Waals surface area (Å²) in [4.78, 5) is 11.6. The molecule has 0 saturated heterocycles. The summed E-state index contributed by atoms with van der Waals surface area (Å²) in [7, 11) is 0. The molecule has 0 aliphatic heterocycles. The summed E-state index contributed by atoms with van der Waals surface area (Å²) in [5, 5.41) is 11.4. The smallest absolute Gasteiger partial charge is 0.345 e. The van der Waals surface area contributed by atoms with Gasteiger partial charge in [-0.2, -0.15) is 18.4 Å². The van der Waals surface area contributed by atoms with Crippen LogP contribution in [0.15, 0.2) is 24.3 Å². The minimum atomic E-state index is -4.36. The molecule has 1 N–H and O–H groups in total. The van der Waals surface area contributed by atoms with Gasteiger partial charge in [-0.25, -0.2) is 0 Å². The van der Waals surface area contributed by atoms with Gasteiger partial charge < -0.3 is 5.32 Å². The number of carbonyl (C=O) groups is 1. The SMILES string of the molecule is N#CC1(CC(=O)NCC#Cc2ccc(C(F)(F)F)cc2)CC1. The Hall–Kier alpha value is -2.47. The highest BCUT2D eigenvalue weighted by Crippen LogP contribution is 2.47. The molecular formula is C16H13F3N2O. The van der Waals surface area contributed by atoms with Gasteiger partial charge in [-0.3, -0.25) is 4.79 Å². The molecule has 0 aromatic heterocycles. The summed E-state index contributed by atoms with van der Waals surface area (Å²) < 4.78 is 37.1. The molecule has 0 bridgehead atoms. The topological polar surface area (TPSA) is 52.9 Å². The Morgan fingerprint density at radius 1 is 1.27 bits per heavy atom. The van der Waals surface area contributed by atoms with Crippen molar-refractivity contribution in [3.05, 3.63) is 35.4 Å². The number of rotatable bonds is 3. The summed E-state index contributed by atoms with van der Waals surface area (Å²) in [6, 6.07) is 6.63. The van der Waals surface area contributed by atoms with Crippen LogP contribution in [0.3, 0.4) is 0 Å². The molecule has 114 valence electrons. The van der Waals surface area contributed by atoms with Gasteiger partial charge in [-0.15, -0.1) is 0 Å². The maximum Gasteiger partial charge on any atom is 0.416 e. The van der Waals surface area contributed by atoms with Crippen LogP contribution in [0.5, 0.6) is 0 Å². The van der Waals surface area contributed by atoms with E-state index in [0.717, 1.165) is 25.0 Å². The Morgan fingerprint density at radius 3 is 2.41 bits per heavy atom. The fraction of sp³-hybridized carbons (Fsp3) is 0.375. The number of halogens is 3. The Morgan fingerprint density at radius 2 is 1.91 bits per heavy atom. The number of carbonyl (C=O) groups excluding carboxylic acids is 1. The molecule has 1 amide bonds. The van der Waals surface area contributed by atoms with Crippen LogP contribution in [0.25, 0.3) is 0 Å². The number of hydrogen-bond donors (Lipinski definition) is 1. The highest BCUT2D eigenvalue weighted by Gasteiger charge is 2.44. The maximum atomic E-state index is 12.4. The van der Waals surface area contributed by atoms with E-state index in [1.54, 1.807) is 0 Å². The first kappa shape index (κ1) is 15.9. The summed E-state index contributed by atoms with van der Waals surface area (Å²) in [6.45, 7) is 0.0986. The van der Waals surface area contributed by atoms with Gasteiger partial charge in [0.15, 0.2) is 0 Å². The van der Waals surface area contributed by atoms with Gasteiger partial charge in [0.25, 0.3) is 0 Å². The summed E-state index contributed by atoms with van der Waals surface area (Å²) in [5.41, 5.74) is -0.777. The molecular weight excluding hydrogens is 293 g/mol. The van der Waals surface area contributed by atoms with Crippen molar-refractivity contribution in [3.8, 4) is 17.9 Å². The molecule has 0 heterocycles. The van der Waals surface area contributed by atoms with Gasteiger partial charge in [0, 0.05) is 12.0 Å². The molecule has 1 fully saturated rings. The molecule has 0 unspecified atom stereocenters. The van der Waals surface area contributed by atoms with Gasteiger partial charge in [-0.1, -0.05) is 11.8 Å². The molecule has 1 aromatic rings. The number of hydrogen-bond acceptors (Lipinski definition) is 2. The van der Waals surface area contributed by atoms with Gasteiger partial charge in [0.2, 0.25) is 5.91 Å². The molecule has 22 heavy (non-hydrogen) atoms. The van der Waals surface area contributed by atoms with Crippen molar-refractivity contribution < 1.29 is 18.0 Å². The first-order valence-electron chi connectivity index (χ1n) is 6.69. The van der Waals surface area contributed by atoms with Crippen LogP contribution in [0.4, 0.5) is 13.2 Å². The third kappa shape index (κ3) is 4.26. The Balaban J connectivity index is 1.82. The van der Waals surface area contributed by atoms with E-state index in [1.807, 2.05) is 0 Å². The number of benzene rings is 1. The van der Waals surface area contributed by atoms with E-state index < -0.39 is 17.2 Å². The van der Waals surface area contributed by atoms with Crippen molar-refractivity contribution in [3.63, 3.8) is 0 Å². The normalized spacial score (nSPS) is 15.2. The Bertz CT molecular complexity index is 656. The minimum absolute atomic E-state index is 0.0986. The first-order chi connectivity index (χ1) is 10.3. The van der Waals surface area contributed by atoms with Gasteiger partial charge in [0.05, 0.1) is 23.6 Å². The number of nitrogens with one attached hydrogen (secondary N) is 1. The van der Waals surface area contributed by atoms with Crippen LogP contribution >= 0.6 is 0 Å². The highest BCUT2D eigenvalue weighted by molar-refractivity contribution is 5.77. The minimum Gasteiger partial charge on any atom is -0.345 e. The van der Waals surface area contributed by atoms with Crippen LogP contribution in [0, 0.1) is 28.6 Å². The zero-order valence-electron chi connectivity index (χ0n) is 11.6. The molecule has 1 saturated carbocycles. The second-order valence-corrected chi connectivity index (χ2v) is 5.22. The van der Waals surface area contributed by atoms with Crippen molar-refractivity contribution in [1.29, 1.82) is 5.26 Å². The van der Waals surface area contributed by atoms with Gasteiger partial charge in [-0.05, 0) is 37.1 Å². The lowest BCUT2D eigenvalue weighted by Crippen LogP contribution is -2.26. The third-order valence-corrected chi connectivity index (χ3v) is 3.41. The van der Waals surface area contributed by atoms with Crippen molar-refractivity contribution in [2.45, 2.75) is 25.4 Å². The predicted molar refractivity (Wildman–Crippen MR) is 73.2 cm³/mol. The molecule has 3 nitrogen and oxygen atoms in total. The molecule has 2 rings (SSSR count). The van der Waals surface area contributed by atoms with Crippen LogP contribution in [0.2, 0.25) is 0 Å². The number of nitrogens with zero attached hydrogens (tertiary/aromatic N) is 1. The predicted octanol–water partition coefficient (Wildman–Crippen LogP) is 2.87. The highest BCUT2D eigenvalue weighted by atomic mass is 19.4. The molecule has 0 radical (unpaired) electrons. The van der Waals surface area contributed by atoms with E-state index in [2.05, 4.69) is 23.2 Å².